The Kier molecular flexibility index (Phi) is 7.99. The molecule has 2 heterocycles. The number of aromatic nitrogens is 1. The van der Waals surface area contributed by atoms with Gasteiger partial charge in [-0.25, -0.2) is 4.98 Å². The standard InChI is InChI=1S/C26H28ClF3N4O3/c1-16(2)33-8-10-34(11-9-33)24-12-17(3)20-13-18(4-6-22(20)32-24)31-25(35)15-36-23-7-5-19(14-21(23)27)37-26(28,29)30/h4-7,12-14,16H,8-11,15H2,1-3H3,(H,31,35). The molecule has 0 spiro atoms. The predicted octanol–water partition coefficient (Wildman–Crippen LogP) is 5.64. The predicted molar refractivity (Wildman–Crippen MR) is 138 cm³/mol. The Morgan fingerprint density at radius 2 is 1.84 bits per heavy atom. The molecule has 1 N–H and O–H groups in total. The van der Waals surface area contributed by atoms with Crippen molar-refractivity contribution in [1.29, 1.82) is 0 Å². The lowest BCUT2D eigenvalue weighted by molar-refractivity contribution is -0.274. The van der Waals surface area contributed by atoms with Crippen LogP contribution < -0.4 is 19.7 Å². The Morgan fingerprint density at radius 1 is 1.11 bits per heavy atom. The summed E-state index contributed by atoms with van der Waals surface area (Å²) in [6, 6.07) is 11.3. The molecule has 0 bridgehead atoms. The summed E-state index contributed by atoms with van der Waals surface area (Å²) in [6.07, 6.45) is -4.83. The lowest BCUT2D eigenvalue weighted by Gasteiger charge is -2.37. The van der Waals surface area contributed by atoms with Crippen molar-refractivity contribution in [3.05, 3.63) is 53.1 Å². The average Bonchev–Trinajstić information content (AvgIpc) is 2.83. The van der Waals surface area contributed by atoms with E-state index < -0.39 is 18.0 Å². The average molecular weight is 537 g/mol. The number of piperazine rings is 1. The summed E-state index contributed by atoms with van der Waals surface area (Å²) in [6.45, 7) is 9.90. The first kappa shape index (κ1) is 26.8. The highest BCUT2D eigenvalue weighted by Crippen LogP contribution is 2.32. The molecule has 0 radical (unpaired) electrons. The summed E-state index contributed by atoms with van der Waals surface area (Å²) in [5, 5.41) is 3.58. The number of aryl methyl sites for hydroxylation is 1. The molecular formula is C26H28ClF3N4O3. The van der Waals surface area contributed by atoms with Gasteiger partial charge in [0.05, 0.1) is 10.5 Å². The Morgan fingerprint density at radius 3 is 2.49 bits per heavy atom. The summed E-state index contributed by atoms with van der Waals surface area (Å²) in [5.41, 5.74) is 2.46. The van der Waals surface area contributed by atoms with E-state index in [0.717, 1.165) is 60.6 Å². The van der Waals surface area contributed by atoms with Gasteiger partial charge in [-0.3, -0.25) is 9.69 Å². The fraction of sp³-hybridized carbons (Fsp3) is 0.385. The maximum Gasteiger partial charge on any atom is 0.573 e. The highest BCUT2D eigenvalue weighted by molar-refractivity contribution is 6.32. The maximum atomic E-state index is 12.4. The number of carbonyl (C=O) groups excluding carboxylic acids is 1. The molecule has 7 nitrogen and oxygen atoms in total. The molecule has 1 aliphatic rings. The Labute approximate surface area is 218 Å². The number of ether oxygens (including phenoxy) is 2. The number of pyridine rings is 1. The summed E-state index contributed by atoms with van der Waals surface area (Å²) < 4.78 is 46.2. The number of nitrogens with one attached hydrogen (secondary N) is 1. The molecule has 1 amide bonds. The van der Waals surface area contributed by atoms with Gasteiger partial charge in [-0.2, -0.15) is 0 Å². The molecule has 1 fully saturated rings. The van der Waals surface area contributed by atoms with Gasteiger partial charge in [-0.15, -0.1) is 13.2 Å². The number of nitrogens with zero attached hydrogens (tertiary/aromatic N) is 3. The molecule has 0 unspecified atom stereocenters. The van der Waals surface area contributed by atoms with E-state index in [1.807, 2.05) is 19.1 Å². The van der Waals surface area contributed by atoms with E-state index >= 15 is 0 Å². The van der Waals surface area contributed by atoms with Crippen molar-refractivity contribution in [2.24, 2.45) is 0 Å². The van der Waals surface area contributed by atoms with Gasteiger partial charge in [0, 0.05) is 49.4 Å². The van der Waals surface area contributed by atoms with E-state index in [1.54, 1.807) is 6.07 Å². The van der Waals surface area contributed by atoms with E-state index in [1.165, 1.54) is 6.07 Å². The van der Waals surface area contributed by atoms with Crippen LogP contribution in [0, 0.1) is 6.92 Å². The quantitative estimate of drug-likeness (QED) is 0.421. The second-order valence-corrected chi connectivity index (χ2v) is 9.53. The first-order chi connectivity index (χ1) is 17.5. The van der Waals surface area contributed by atoms with Gasteiger partial charge in [0.1, 0.15) is 17.3 Å². The Hall–Kier alpha value is -3.24. The van der Waals surface area contributed by atoms with Crippen LogP contribution in [0.5, 0.6) is 11.5 Å². The third kappa shape index (κ3) is 6.95. The second-order valence-electron chi connectivity index (χ2n) is 9.12. The molecule has 37 heavy (non-hydrogen) atoms. The first-order valence-electron chi connectivity index (χ1n) is 11.9. The van der Waals surface area contributed by atoms with Crippen LogP contribution in [-0.4, -0.2) is 61.0 Å². The number of hydrogen-bond donors (Lipinski definition) is 1. The number of hydrogen-bond acceptors (Lipinski definition) is 6. The molecule has 4 rings (SSSR count). The van der Waals surface area contributed by atoms with Gasteiger partial charge >= 0.3 is 6.36 Å². The minimum absolute atomic E-state index is 0.0617. The van der Waals surface area contributed by atoms with Crippen molar-refractivity contribution >= 4 is 39.9 Å². The van der Waals surface area contributed by atoms with Crippen molar-refractivity contribution in [1.82, 2.24) is 9.88 Å². The molecule has 1 aromatic heterocycles. The lowest BCUT2D eigenvalue weighted by atomic mass is 10.1. The zero-order chi connectivity index (χ0) is 26.7. The fourth-order valence-electron chi connectivity index (χ4n) is 4.22. The van der Waals surface area contributed by atoms with Gasteiger partial charge in [-0.1, -0.05) is 11.6 Å². The van der Waals surface area contributed by atoms with Crippen molar-refractivity contribution in [2.75, 3.05) is 43.0 Å². The van der Waals surface area contributed by atoms with Gasteiger partial charge in [0.2, 0.25) is 0 Å². The largest absolute Gasteiger partial charge is 0.573 e. The lowest BCUT2D eigenvalue weighted by Crippen LogP contribution is -2.49. The minimum atomic E-state index is -4.83. The number of fused-ring (bicyclic) bond motifs is 1. The fourth-order valence-corrected chi connectivity index (χ4v) is 4.44. The molecule has 1 aliphatic heterocycles. The summed E-state index contributed by atoms with van der Waals surface area (Å²) in [7, 11) is 0. The number of alkyl halides is 3. The third-order valence-corrected chi connectivity index (χ3v) is 6.45. The molecule has 11 heteroatoms. The van der Waals surface area contributed by atoms with Crippen LogP contribution >= 0.6 is 11.6 Å². The Balaban J connectivity index is 1.38. The number of carbonyl (C=O) groups is 1. The molecule has 0 aliphatic carbocycles. The van der Waals surface area contributed by atoms with Crippen LogP contribution in [0.4, 0.5) is 24.7 Å². The monoisotopic (exact) mass is 536 g/mol. The van der Waals surface area contributed by atoms with Gasteiger partial charge in [0.25, 0.3) is 5.91 Å². The smallest absolute Gasteiger partial charge is 0.482 e. The zero-order valence-corrected chi connectivity index (χ0v) is 21.5. The molecule has 198 valence electrons. The van der Waals surface area contributed by atoms with Crippen LogP contribution in [0.1, 0.15) is 19.4 Å². The van der Waals surface area contributed by atoms with Crippen molar-refractivity contribution < 1.29 is 27.4 Å². The van der Waals surface area contributed by atoms with Gasteiger partial charge < -0.3 is 19.7 Å². The van der Waals surface area contributed by atoms with E-state index in [9.17, 15) is 18.0 Å². The second kappa shape index (κ2) is 11.0. The third-order valence-electron chi connectivity index (χ3n) is 6.15. The maximum absolute atomic E-state index is 12.4. The molecular weight excluding hydrogens is 509 g/mol. The highest BCUT2D eigenvalue weighted by Gasteiger charge is 2.31. The molecule has 0 atom stereocenters. The number of halogens is 4. The molecule has 0 saturated carbocycles. The summed E-state index contributed by atoms with van der Waals surface area (Å²) in [5.74, 6) is 0.0838. The first-order valence-corrected chi connectivity index (χ1v) is 12.2. The summed E-state index contributed by atoms with van der Waals surface area (Å²) in [4.78, 5) is 22.0. The van der Waals surface area contributed by atoms with Crippen LogP contribution in [0.15, 0.2) is 42.5 Å². The SMILES string of the molecule is Cc1cc(N2CCN(C(C)C)CC2)nc2ccc(NC(=O)COc3ccc(OC(F)(F)F)cc3Cl)cc12. The molecule has 1 saturated heterocycles. The number of anilines is 2. The van der Waals surface area contributed by atoms with Crippen molar-refractivity contribution in [3.63, 3.8) is 0 Å². The number of benzene rings is 2. The highest BCUT2D eigenvalue weighted by atomic mass is 35.5. The Bertz CT molecular complexity index is 1280. The van der Waals surface area contributed by atoms with Crippen LogP contribution in [0.2, 0.25) is 5.02 Å². The van der Waals surface area contributed by atoms with Crippen molar-refractivity contribution in [2.45, 2.75) is 33.2 Å². The minimum Gasteiger partial charge on any atom is -0.482 e. The van der Waals surface area contributed by atoms with E-state index in [-0.39, 0.29) is 17.4 Å². The van der Waals surface area contributed by atoms with E-state index in [0.29, 0.717) is 11.7 Å². The number of rotatable bonds is 7. The van der Waals surface area contributed by atoms with Gasteiger partial charge in [0.15, 0.2) is 6.61 Å². The van der Waals surface area contributed by atoms with Gasteiger partial charge in [-0.05, 0) is 62.7 Å². The van der Waals surface area contributed by atoms with Crippen molar-refractivity contribution in [3.8, 4) is 11.5 Å². The molecule has 2 aromatic carbocycles. The topological polar surface area (TPSA) is 66.9 Å². The van der Waals surface area contributed by atoms with Crippen LogP contribution in [-0.2, 0) is 4.79 Å². The zero-order valence-electron chi connectivity index (χ0n) is 20.7. The van der Waals surface area contributed by atoms with E-state index in [2.05, 4.69) is 39.8 Å². The van der Waals surface area contributed by atoms with E-state index in [4.69, 9.17) is 21.3 Å². The summed E-state index contributed by atoms with van der Waals surface area (Å²) >= 11 is 5.96. The van der Waals surface area contributed by atoms with Crippen LogP contribution in [0.25, 0.3) is 10.9 Å². The normalized spacial score (nSPS) is 14.8. The molecule has 3 aromatic rings. The van der Waals surface area contributed by atoms with Crippen LogP contribution in [0.3, 0.4) is 0 Å². The number of amides is 1.